The number of carbonyl (C=O) groups is 1. The van der Waals surface area contributed by atoms with Gasteiger partial charge in [0.2, 0.25) is 5.91 Å². The van der Waals surface area contributed by atoms with Crippen LogP contribution >= 0.6 is 0 Å². The summed E-state index contributed by atoms with van der Waals surface area (Å²) < 4.78 is 19.3. The van der Waals surface area contributed by atoms with Crippen LogP contribution < -0.4 is 5.32 Å². The van der Waals surface area contributed by atoms with Gasteiger partial charge in [-0.25, -0.2) is 9.37 Å². The van der Waals surface area contributed by atoms with Crippen LogP contribution in [0.25, 0.3) is 11.3 Å². The van der Waals surface area contributed by atoms with Crippen LogP contribution in [0.4, 0.5) is 10.1 Å². The lowest BCUT2D eigenvalue weighted by Gasteiger charge is -2.05. The number of carbonyl (C=O) groups excluding carboxylic acids is 1. The minimum Gasteiger partial charge on any atom is -0.441 e. The van der Waals surface area contributed by atoms with E-state index in [1.807, 2.05) is 0 Å². The van der Waals surface area contributed by atoms with Crippen LogP contribution in [0.1, 0.15) is 17.9 Å². The highest BCUT2D eigenvalue weighted by Gasteiger charge is 2.12. The van der Waals surface area contributed by atoms with Crippen molar-refractivity contribution in [3.8, 4) is 11.3 Å². The summed E-state index contributed by atoms with van der Waals surface area (Å²) in [5.74, 6) is 0.133. The third-order valence-corrected chi connectivity index (χ3v) is 3.65. The Bertz CT molecular complexity index is 876. The zero-order valence-corrected chi connectivity index (χ0v) is 13.4. The highest BCUT2D eigenvalue weighted by atomic mass is 19.1. The fourth-order valence-corrected chi connectivity index (χ4v) is 2.40. The third-order valence-electron chi connectivity index (χ3n) is 3.65. The molecule has 6 heteroatoms. The van der Waals surface area contributed by atoms with E-state index in [-0.39, 0.29) is 24.8 Å². The van der Waals surface area contributed by atoms with E-state index in [1.165, 1.54) is 12.3 Å². The quantitative estimate of drug-likeness (QED) is 0.720. The average molecular weight is 340 g/mol. The molecule has 1 amide bonds. The largest absolute Gasteiger partial charge is 0.441 e. The highest BCUT2D eigenvalue weighted by Crippen LogP contribution is 2.23. The van der Waals surface area contributed by atoms with Gasteiger partial charge >= 0.3 is 0 Å². The number of aliphatic hydroxyl groups excluding tert-OH is 1. The smallest absolute Gasteiger partial charge is 0.224 e. The molecule has 0 saturated carbocycles. The molecule has 0 aliphatic carbocycles. The van der Waals surface area contributed by atoms with Crippen LogP contribution in [-0.2, 0) is 17.8 Å². The van der Waals surface area contributed by atoms with E-state index < -0.39 is 0 Å². The summed E-state index contributed by atoms with van der Waals surface area (Å²) in [6.07, 6.45) is 1.94. The topological polar surface area (TPSA) is 75.4 Å². The number of hydrogen-bond donors (Lipinski definition) is 2. The second-order valence-corrected chi connectivity index (χ2v) is 5.50. The Morgan fingerprint density at radius 2 is 2.04 bits per heavy atom. The van der Waals surface area contributed by atoms with Gasteiger partial charge in [-0.1, -0.05) is 24.3 Å². The lowest BCUT2D eigenvalue weighted by Crippen LogP contribution is -2.12. The number of anilines is 1. The molecule has 0 aliphatic heterocycles. The molecular formula is C19H17FN2O3. The first-order valence-corrected chi connectivity index (χ1v) is 7.85. The Labute approximate surface area is 144 Å². The summed E-state index contributed by atoms with van der Waals surface area (Å²) in [4.78, 5) is 16.1. The molecule has 2 N–H and O–H groups in total. The standard InChI is InChI=1S/C19H17FN2O3/c20-16-7-2-1-6-15(16)17-11-21-19(25-17)9-8-18(24)22-14-5-3-4-13(10-14)12-23/h1-7,10-11,23H,8-9,12H2,(H,22,24). The number of nitrogens with zero attached hydrogens (tertiary/aromatic N) is 1. The van der Waals surface area contributed by atoms with Gasteiger partial charge in [-0.15, -0.1) is 0 Å². The van der Waals surface area contributed by atoms with Crippen molar-refractivity contribution < 1.29 is 18.7 Å². The van der Waals surface area contributed by atoms with Crippen LogP contribution in [0.3, 0.4) is 0 Å². The summed E-state index contributed by atoms with van der Waals surface area (Å²) in [5.41, 5.74) is 1.68. The van der Waals surface area contributed by atoms with Crippen LogP contribution in [0.2, 0.25) is 0 Å². The zero-order chi connectivity index (χ0) is 17.6. The second kappa shape index (κ2) is 7.72. The van der Waals surface area contributed by atoms with Crippen molar-refractivity contribution in [3.63, 3.8) is 0 Å². The molecule has 1 heterocycles. The van der Waals surface area contributed by atoms with Crippen molar-refractivity contribution >= 4 is 11.6 Å². The minimum absolute atomic E-state index is 0.0845. The van der Waals surface area contributed by atoms with Crippen molar-refractivity contribution in [2.24, 2.45) is 0 Å². The van der Waals surface area contributed by atoms with E-state index >= 15 is 0 Å². The number of aliphatic hydroxyl groups is 1. The van der Waals surface area contributed by atoms with Crippen molar-refractivity contribution in [2.75, 3.05) is 5.32 Å². The molecule has 0 atom stereocenters. The van der Waals surface area contributed by atoms with E-state index in [1.54, 1.807) is 42.5 Å². The molecule has 1 aromatic heterocycles. The molecule has 5 nitrogen and oxygen atoms in total. The van der Waals surface area contributed by atoms with E-state index in [9.17, 15) is 9.18 Å². The summed E-state index contributed by atoms with van der Waals surface area (Å²) in [5, 5.41) is 11.9. The van der Waals surface area contributed by atoms with E-state index in [0.29, 0.717) is 29.3 Å². The maximum absolute atomic E-state index is 13.7. The Balaban J connectivity index is 1.58. The third kappa shape index (κ3) is 4.30. The highest BCUT2D eigenvalue weighted by molar-refractivity contribution is 5.90. The number of amides is 1. The van der Waals surface area contributed by atoms with Crippen LogP contribution in [0, 0.1) is 5.82 Å². The summed E-state index contributed by atoms with van der Waals surface area (Å²) in [6.45, 7) is -0.0845. The monoisotopic (exact) mass is 340 g/mol. The first kappa shape index (κ1) is 16.9. The Morgan fingerprint density at radius 1 is 1.20 bits per heavy atom. The Morgan fingerprint density at radius 3 is 2.84 bits per heavy atom. The Kier molecular flexibility index (Phi) is 5.20. The summed E-state index contributed by atoms with van der Waals surface area (Å²) in [7, 11) is 0. The average Bonchev–Trinajstić information content (AvgIpc) is 3.09. The van der Waals surface area contributed by atoms with Crippen molar-refractivity contribution in [2.45, 2.75) is 19.4 Å². The van der Waals surface area contributed by atoms with E-state index in [0.717, 1.165) is 5.56 Å². The van der Waals surface area contributed by atoms with Crippen molar-refractivity contribution in [1.29, 1.82) is 0 Å². The number of hydrogen-bond acceptors (Lipinski definition) is 4. The number of aromatic nitrogens is 1. The molecule has 0 saturated heterocycles. The number of aryl methyl sites for hydroxylation is 1. The van der Waals surface area contributed by atoms with Crippen LogP contribution in [-0.4, -0.2) is 16.0 Å². The molecule has 0 radical (unpaired) electrons. The first-order chi connectivity index (χ1) is 12.2. The van der Waals surface area contributed by atoms with Crippen LogP contribution in [0.15, 0.2) is 59.1 Å². The zero-order valence-electron chi connectivity index (χ0n) is 13.4. The molecule has 3 rings (SSSR count). The van der Waals surface area contributed by atoms with Crippen LogP contribution in [0.5, 0.6) is 0 Å². The van der Waals surface area contributed by atoms with Gasteiger partial charge < -0.3 is 14.8 Å². The Hall–Kier alpha value is -2.99. The molecule has 0 aliphatic rings. The molecule has 0 fully saturated rings. The summed E-state index contributed by atoms with van der Waals surface area (Å²) >= 11 is 0. The van der Waals surface area contributed by atoms with Gasteiger partial charge in [0, 0.05) is 18.5 Å². The van der Waals surface area contributed by atoms with Crippen molar-refractivity contribution in [3.05, 3.63) is 72.0 Å². The van der Waals surface area contributed by atoms with Gasteiger partial charge in [-0.3, -0.25) is 4.79 Å². The van der Waals surface area contributed by atoms with Gasteiger partial charge in [0.1, 0.15) is 5.82 Å². The van der Waals surface area contributed by atoms with E-state index in [4.69, 9.17) is 9.52 Å². The van der Waals surface area contributed by atoms with Crippen molar-refractivity contribution in [1.82, 2.24) is 4.98 Å². The molecule has 0 unspecified atom stereocenters. The molecular weight excluding hydrogens is 323 g/mol. The maximum Gasteiger partial charge on any atom is 0.224 e. The second-order valence-electron chi connectivity index (χ2n) is 5.50. The fourth-order valence-electron chi connectivity index (χ4n) is 2.40. The number of oxazole rings is 1. The van der Waals surface area contributed by atoms with Gasteiger partial charge in [0.25, 0.3) is 0 Å². The lowest BCUT2D eigenvalue weighted by molar-refractivity contribution is -0.116. The number of halogens is 1. The van der Waals surface area contributed by atoms with Gasteiger partial charge in [-0.05, 0) is 29.8 Å². The fraction of sp³-hybridized carbons (Fsp3) is 0.158. The lowest BCUT2D eigenvalue weighted by atomic mass is 10.2. The molecule has 0 bridgehead atoms. The molecule has 25 heavy (non-hydrogen) atoms. The SMILES string of the molecule is O=C(CCc1ncc(-c2ccccc2F)o1)Nc1cccc(CO)c1. The maximum atomic E-state index is 13.7. The normalized spacial score (nSPS) is 10.6. The predicted molar refractivity (Wildman–Crippen MR) is 91.2 cm³/mol. The number of benzene rings is 2. The summed E-state index contributed by atoms with van der Waals surface area (Å²) in [6, 6.07) is 13.3. The predicted octanol–water partition coefficient (Wildman–Crippen LogP) is 3.54. The number of nitrogens with one attached hydrogen (secondary N) is 1. The first-order valence-electron chi connectivity index (χ1n) is 7.85. The van der Waals surface area contributed by atoms with Gasteiger partial charge in [-0.2, -0.15) is 0 Å². The number of rotatable bonds is 6. The molecule has 0 spiro atoms. The minimum atomic E-state index is -0.383. The van der Waals surface area contributed by atoms with Gasteiger partial charge in [0.05, 0.1) is 18.4 Å². The molecule has 128 valence electrons. The van der Waals surface area contributed by atoms with E-state index in [2.05, 4.69) is 10.3 Å². The molecule has 3 aromatic rings. The van der Waals surface area contributed by atoms with Gasteiger partial charge in [0.15, 0.2) is 11.7 Å². The molecule has 2 aromatic carbocycles.